The molecule has 0 bridgehead atoms. The maximum atomic E-state index is 8.72. The molecule has 4 nitrogen and oxygen atoms in total. The van der Waals surface area contributed by atoms with E-state index in [4.69, 9.17) is 38.9 Å². The monoisotopic (exact) mass is 324 g/mol. The zero-order valence-corrected chi connectivity index (χ0v) is 12.8. The van der Waals surface area contributed by atoms with E-state index in [2.05, 4.69) is 5.16 Å². The topological polar surface area (TPSA) is 67.8 Å². The smallest absolute Gasteiger partial charge is 0.170 e. The molecule has 6 heteroatoms. The molecule has 0 atom stereocenters. The Morgan fingerprint density at radius 1 is 1.24 bits per heavy atom. The zero-order valence-electron chi connectivity index (χ0n) is 11.3. The fraction of sp³-hybridized carbons (Fsp3) is 0.133. The predicted molar refractivity (Wildman–Crippen MR) is 84.5 cm³/mol. The number of ether oxygens (including phenoxy) is 1. The van der Waals surface area contributed by atoms with Gasteiger partial charge in [-0.3, -0.25) is 0 Å². The molecular formula is C15H14Cl2N2O2. The van der Waals surface area contributed by atoms with Crippen LogP contribution in [0.25, 0.3) is 0 Å². The third-order valence-electron chi connectivity index (χ3n) is 3.03. The average Bonchev–Trinajstić information content (AvgIpc) is 2.47. The fourth-order valence-corrected chi connectivity index (χ4v) is 2.30. The van der Waals surface area contributed by atoms with Crippen LogP contribution < -0.4 is 10.5 Å². The van der Waals surface area contributed by atoms with Crippen LogP contribution in [0.4, 0.5) is 0 Å². The number of amidine groups is 1. The molecule has 0 heterocycles. The lowest BCUT2D eigenvalue weighted by atomic mass is 10.1. The van der Waals surface area contributed by atoms with Gasteiger partial charge in [0, 0.05) is 21.2 Å². The van der Waals surface area contributed by atoms with Crippen molar-refractivity contribution in [1.82, 2.24) is 0 Å². The van der Waals surface area contributed by atoms with Crippen molar-refractivity contribution in [3.63, 3.8) is 0 Å². The van der Waals surface area contributed by atoms with Gasteiger partial charge in [0.2, 0.25) is 0 Å². The summed E-state index contributed by atoms with van der Waals surface area (Å²) in [6, 6.07) is 10.6. The van der Waals surface area contributed by atoms with Gasteiger partial charge in [0.25, 0.3) is 0 Å². The molecule has 0 aliphatic rings. The summed E-state index contributed by atoms with van der Waals surface area (Å²) in [5, 5.41) is 12.8. The van der Waals surface area contributed by atoms with E-state index < -0.39 is 0 Å². The molecule has 2 aromatic carbocycles. The molecule has 3 N–H and O–H groups in total. The van der Waals surface area contributed by atoms with Crippen molar-refractivity contribution in [2.45, 2.75) is 13.5 Å². The van der Waals surface area contributed by atoms with Gasteiger partial charge in [-0.25, -0.2) is 0 Å². The Morgan fingerprint density at radius 2 is 1.90 bits per heavy atom. The highest BCUT2D eigenvalue weighted by Crippen LogP contribution is 2.27. The molecule has 2 rings (SSSR count). The van der Waals surface area contributed by atoms with Gasteiger partial charge in [0.05, 0.1) is 0 Å². The molecule has 0 aliphatic carbocycles. The van der Waals surface area contributed by atoms with Crippen LogP contribution in [0.2, 0.25) is 10.0 Å². The maximum absolute atomic E-state index is 8.72. The molecule has 0 aromatic heterocycles. The lowest BCUT2D eigenvalue weighted by Crippen LogP contribution is -2.13. The van der Waals surface area contributed by atoms with Crippen molar-refractivity contribution in [1.29, 1.82) is 0 Å². The summed E-state index contributed by atoms with van der Waals surface area (Å²) in [6.45, 7) is 2.14. The summed E-state index contributed by atoms with van der Waals surface area (Å²) >= 11 is 12.2. The maximum Gasteiger partial charge on any atom is 0.170 e. The van der Waals surface area contributed by atoms with E-state index in [1.165, 1.54) is 0 Å². The Balaban J connectivity index is 2.24. The summed E-state index contributed by atoms with van der Waals surface area (Å²) in [5.74, 6) is 0.644. The molecule has 0 amide bonds. The molecule has 21 heavy (non-hydrogen) atoms. The standard InChI is InChI=1S/C15H14Cl2N2O2/c1-9-5-6-10(15(18)19-20)7-14(9)21-8-11-12(16)3-2-4-13(11)17/h2-7,20H,8H2,1H3,(H2,18,19). The van der Waals surface area contributed by atoms with Crippen LogP contribution in [-0.4, -0.2) is 11.0 Å². The molecular weight excluding hydrogens is 311 g/mol. The van der Waals surface area contributed by atoms with E-state index in [1.807, 2.05) is 13.0 Å². The fourth-order valence-electron chi connectivity index (χ4n) is 1.79. The van der Waals surface area contributed by atoms with E-state index in [1.54, 1.807) is 30.3 Å². The van der Waals surface area contributed by atoms with Crippen LogP contribution >= 0.6 is 23.2 Å². The van der Waals surface area contributed by atoms with E-state index >= 15 is 0 Å². The highest BCUT2D eigenvalue weighted by atomic mass is 35.5. The number of benzene rings is 2. The van der Waals surface area contributed by atoms with Crippen molar-refractivity contribution in [2.24, 2.45) is 10.9 Å². The highest BCUT2D eigenvalue weighted by molar-refractivity contribution is 6.35. The first-order valence-electron chi connectivity index (χ1n) is 6.17. The molecule has 0 saturated carbocycles. The second-order valence-electron chi connectivity index (χ2n) is 4.45. The second-order valence-corrected chi connectivity index (χ2v) is 5.27. The van der Waals surface area contributed by atoms with E-state index in [-0.39, 0.29) is 12.4 Å². The summed E-state index contributed by atoms with van der Waals surface area (Å²) in [5.41, 5.74) is 7.78. The minimum atomic E-state index is 0.0237. The second kappa shape index (κ2) is 6.70. The number of oxime groups is 1. The van der Waals surface area contributed by atoms with Crippen LogP contribution in [0.5, 0.6) is 5.75 Å². The lowest BCUT2D eigenvalue weighted by molar-refractivity contribution is 0.304. The zero-order chi connectivity index (χ0) is 15.4. The minimum Gasteiger partial charge on any atom is -0.489 e. The quantitative estimate of drug-likeness (QED) is 0.387. The molecule has 0 aliphatic heterocycles. The Morgan fingerprint density at radius 3 is 2.52 bits per heavy atom. The Labute approximate surface area is 132 Å². The van der Waals surface area contributed by atoms with Crippen molar-refractivity contribution in [3.8, 4) is 5.75 Å². The van der Waals surface area contributed by atoms with Gasteiger partial charge in [0.15, 0.2) is 5.84 Å². The van der Waals surface area contributed by atoms with Gasteiger partial charge in [-0.2, -0.15) is 0 Å². The number of halogens is 2. The van der Waals surface area contributed by atoms with Crippen LogP contribution in [-0.2, 0) is 6.61 Å². The first-order valence-corrected chi connectivity index (χ1v) is 6.92. The Kier molecular flexibility index (Phi) is 4.94. The van der Waals surface area contributed by atoms with Gasteiger partial charge in [-0.15, -0.1) is 0 Å². The van der Waals surface area contributed by atoms with Gasteiger partial charge in [0.1, 0.15) is 12.4 Å². The van der Waals surface area contributed by atoms with E-state index in [0.29, 0.717) is 21.4 Å². The lowest BCUT2D eigenvalue weighted by Gasteiger charge is -2.12. The van der Waals surface area contributed by atoms with E-state index in [0.717, 1.165) is 11.1 Å². The van der Waals surface area contributed by atoms with Crippen molar-refractivity contribution < 1.29 is 9.94 Å². The summed E-state index contributed by atoms with van der Waals surface area (Å²) in [7, 11) is 0. The number of hydrogen-bond donors (Lipinski definition) is 2. The summed E-state index contributed by atoms with van der Waals surface area (Å²) in [6.07, 6.45) is 0. The molecule has 0 saturated heterocycles. The third-order valence-corrected chi connectivity index (χ3v) is 3.73. The van der Waals surface area contributed by atoms with Crippen LogP contribution in [0, 0.1) is 6.92 Å². The number of aryl methyl sites for hydroxylation is 1. The highest BCUT2D eigenvalue weighted by Gasteiger charge is 2.09. The molecule has 0 spiro atoms. The van der Waals surface area contributed by atoms with Gasteiger partial charge in [-0.05, 0) is 30.7 Å². The largest absolute Gasteiger partial charge is 0.489 e. The molecule has 2 aromatic rings. The molecule has 0 radical (unpaired) electrons. The first kappa shape index (κ1) is 15.5. The minimum absolute atomic E-state index is 0.0237. The van der Waals surface area contributed by atoms with Gasteiger partial charge in [-0.1, -0.05) is 46.6 Å². The Hall–Kier alpha value is -1.91. The average molecular weight is 325 g/mol. The third kappa shape index (κ3) is 3.60. The molecule has 110 valence electrons. The summed E-state index contributed by atoms with van der Waals surface area (Å²) < 4.78 is 5.76. The van der Waals surface area contributed by atoms with Gasteiger partial charge >= 0.3 is 0 Å². The SMILES string of the molecule is Cc1ccc(/C(N)=N/O)cc1OCc1c(Cl)cccc1Cl. The van der Waals surface area contributed by atoms with Crippen molar-refractivity contribution >= 4 is 29.0 Å². The molecule has 0 fully saturated rings. The van der Waals surface area contributed by atoms with Crippen LogP contribution in [0.1, 0.15) is 16.7 Å². The first-order chi connectivity index (χ1) is 10.0. The van der Waals surface area contributed by atoms with Crippen LogP contribution in [0.3, 0.4) is 0 Å². The van der Waals surface area contributed by atoms with Crippen LogP contribution in [0.15, 0.2) is 41.6 Å². The Bertz CT molecular complexity index is 667. The summed E-state index contributed by atoms with van der Waals surface area (Å²) in [4.78, 5) is 0. The van der Waals surface area contributed by atoms with E-state index in [9.17, 15) is 0 Å². The van der Waals surface area contributed by atoms with Gasteiger partial charge < -0.3 is 15.7 Å². The number of hydrogen-bond acceptors (Lipinski definition) is 3. The predicted octanol–water partition coefficient (Wildman–Crippen LogP) is 3.98. The van der Waals surface area contributed by atoms with Crippen molar-refractivity contribution in [3.05, 3.63) is 63.1 Å². The number of rotatable bonds is 4. The number of nitrogens with zero attached hydrogens (tertiary/aromatic N) is 1. The molecule has 0 unspecified atom stereocenters. The number of nitrogens with two attached hydrogens (primary N) is 1. The normalized spacial score (nSPS) is 11.5. The van der Waals surface area contributed by atoms with Crippen molar-refractivity contribution in [2.75, 3.05) is 0 Å².